The minimum Gasteiger partial charge on any atom is -0.379 e. The van der Waals surface area contributed by atoms with Crippen molar-refractivity contribution in [1.82, 2.24) is 20.4 Å². The number of hydrogen-bond donors (Lipinski definition) is 2. The van der Waals surface area contributed by atoms with Gasteiger partial charge in [-0.25, -0.2) is 0 Å². The van der Waals surface area contributed by atoms with Crippen LogP contribution in [0.3, 0.4) is 0 Å². The quantitative estimate of drug-likeness (QED) is 0.667. The predicted molar refractivity (Wildman–Crippen MR) is 86.0 cm³/mol. The summed E-state index contributed by atoms with van der Waals surface area (Å²) in [6.45, 7) is 8.33. The summed E-state index contributed by atoms with van der Waals surface area (Å²) in [5, 5.41) is 6.39. The van der Waals surface area contributed by atoms with Gasteiger partial charge in [0.1, 0.15) is 9.98 Å². The SMILES string of the molecule is S=C(NCN1CCOCC1)C(=S)NCN1CCOCC1. The first-order chi connectivity index (χ1) is 9.75. The highest BCUT2D eigenvalue weighted by Crippen LogP contribution is 1.96. The van der Waals surface area contributed by atoms with Crippen LogP contribution in [0.4, 0.5) is 0 Å². The number of ether oxygens (including phenoxy) is 2. The van der Waals surface area contributed by atoms with Gasteiger partial charge in [0.05, 0.1) is 39.8 Å². The van der Waals surface area contributed by atoms with Gasteiger partial charge in [-0.05, 0) is 0 Å². The Balaban J connectivity index is 1.59. The fourth-order valence-electron chi connectivity index (χ4n) is 2.05. The van der Waals surface area contributed by atoms with E-state index in [1.807, 2.05) is 0 Å². The lowest BCUT2D eigenvalue weighted by Gasteiger charge is -2.28. The molecular weight excluding hydrogens is 296 g/mol. The van der Waals surface area contributed by atoms with Crippen molar-refractivity contribution in [2.24, 2.45) is 0 Å². The molecule has 0 amide bonds. The second-order valence-corrected chi connectivity index (χ2v) is 5.61. The molecule has 2 N–H and O–H groups in total. The van der Waals surface area contributed by atoms with Crippen molar-refractivity contribution in [2.75, 3.05) is 65.9 Å². The van der Waals surface area contributed by atoms with Gasteiger partial charge in [-0.2, -0.15) is 0 Å². The van der Waals surface area contributed by atoms with Gasteiger partial charge < -0.3 is 20.1 Å². The molecule has 0 aromatic heterocycles. The highest BCUT2D eigenvalue weighted by atomic mass is 32.1. The molecule has 20 heavy (non-hydrogen) atoms. The third-order valence-corrected chi connectivity index (χ3v) is 4.17. The Morgan fingerprint density at radius 2 is 1.10 bits per heavy atom. The van der Waals surface area contributed by atoms with Gasteiger partial charge in [0.2, 0.25) is 0 Å². The van der Waals surface area contributed by atoms with Crippen LogP contribution in [0, 0.1) is 0 Å². The van der Waals surface area contributed by atoms with Crippen LogP contribution in [0.25, 0.3) is 0 Å². The van der Waals surface area contributed by atoms with Crippen LogP contribution >= 0.6 is 24.4 Å². The van der Waals surface area contributed by atoms with E-state index < -0.39 is 0 Å². The fourth-order valence-corrected chi connectivity index (χ4v) is 2.32. The molecule has 0 aromatic rings. The highest BCUT2D eigenvalue weighted by molar-refractivity contribution is 7.89. The molecule has 0 saturated carbocycles. The first kappa shape index (κ1) is 16.0. The zero-order valence-electron chi connectivity index (χ0n) is 11.6. The topological polar surface area (TPSA) is 49.0 Å². The van der Waals surface area contributed by atoms with Crippen LogP contribution in [0.15, 0.2) is 0 Å². The molecule has 8 heteroatoms. The van der Waals surface area contributed by atoms with E-state index in [0.29, 0.717) is 9.98 Å². The van der Waals surface area contributed by atoms with Crippen molar-refractivity contribution in [2.45, 2.75) is 0 Å². The average Bonchev–Trinajstić information content (AvgIpc) is 2.52. The van der Waals surface area contributed by atoms with E-state index in [1.165, 1.54) is 0 Å². The van der Waals surface area contributed by atoms with Gasteiger partial charge in [-0.1, -0.05) is 24.4 Å². The Hall–Kier alpha value is -0.380. The molecule has 0 radical (unpaired) electrons. The molecule has 2 heterocycles. The summed E-state index contributed by atoms with van der Waals surface area (Å²) < 4.78 is 10.6. The predicted octanol–water partition coefficient (Wildman–Crippen LogP) is -0.600. The van der Waals surface area contributed by atoms with E-state index in [4.69, 9.17) is 33.9 Å². The Kier molecular flexibility index (Phi) is 7.05. The molecule has 2 rings (SSSR count). The molecule has 2 aliphatic rings. The fraction of sp³-hybridized carbons (Fsp3) is 0.833. The lowest BCUT2D eigenvalue weighted by molar-refractivity contribution is 0.0364. The number of hydrogen-bond acceptors (Lipinski definition) is 6. The van der Waals surface area contributed by atoms with E-state index in [0.717, 1.165) is 65.9 Å². The van der Waals surface area contributed by atoms with Crippen LogP contribution in [0.2, 0.25) is 0 Å². The zero-order valence-corrected chi connectivity index (χ0v) is 13.2. The molecule has 0 unspecified atom stereocenters. The van der Waals surface area contributed by atoms with Crippen molar-refractivity contribution in [3.63, 3.8) is 0 Å². The van der Waals surface area contributed by atoms with Gasteiger partial charge in [0.25, 0.3) is 0 Å². The van der Waals surface area contributed by atoms with Crippen molar-refractivity contribution in [3.05, 3.63) is 0 Å². The molecular formula is C12H22N4O2S2. The minimum absolute atomic E-state index is 0.611. The number of rotatable bonds is 4. The lowest BCUT2D eigenvalue weighted by Crippen LogP contribution is -2.49. The van der Waals surface area contributed by atoms with Gasteiger partial charge in [-0.3, -0.25) is 9.80 Å². The summed E-state index contributed by atoms with van der Waals surface area (Å²) in [4.78, 5) is 5.75. The molecule has 6 nitrogen and oxygen atoms in total. The normalized spacial score (nSPS) is 21.4. The zero-order chi connectivity index (χ0) is 14.2. The Morgan fingerprint density at radius 1 is 0.750 bits per heavy atom. The number of nitrogens with one attached hydrogen (secondary N) is 2. The highest BCUT2D eigenvalue weighted by Gasteiger charge is 2.13. The number of morpholine rings is 2. The number of nitrogens with zero attached hydrogens (tertiary/aromatic N) is 2. The van der Waals surface area contributed by atoms with Gasteiger partial charge in [0, 0.05) is 26.2 Å². The van der Waals surface area contributed by atoms with Crippen molar-refractivity contribution >= 4 is 34.4 Å². The average molecular weight is 318 g/mol. The Morgan fingerprint density at radius 3 is 1.45 bits per heavy atom. The molecule has 2 fully saturated rings. The lowest BCUT2D eigenvalue weighted by atomic mass is 10.4. The molecule has 0 aliphatic carbocycles. The summed E-state index contributed by atoms with van der Waals surface area (Å²) >= 11 is 10.6. The molecule has 0 atom stereocenters. The second kappa shape index (κ2) is 8.81. The van der Waals surface area contributed by atoms with Crippen LogP contribution in [0.5, 0.6) is 0 Å². The number of thiocarbonyl (C=S) groups is 2. The van der Waals surface area contributed by atoms with Crippen LogP contribution in [0.1, 0.15) is 0 Å². The molecule has 114 valence electrons. The Bertz CT molecular complexity index is 299. The third-order valence-electron chi connectivity index (χ3n) is 3.34. The summed E-state index contributed by atoms with van der Waals surface area (Å²) in [7, 11) is 0. The van der Waals surface area contributed by atoms with E-state index in [2.05, 4.69) is 20.4 Å². The van der Waals surface area contributed by atoms with Crippen molar-refractivity contribution in [3.8, 4) is 0 Å². The first-order valence-electron chi connectivity index (χ1n) is 6.92. The summed E-state index contributed by atoms with van der Waals surface area (Å²) in [5.41, 5.74) is 0. The van der Waals surface area contributed by atoms with E-state index in [1.54, 1.807) is 0 Å². The van der Waals surface area contributed by atoms with Gasteiger partial charge in [0.15, 0.2) is 0 Å². The van der Waals surface area contributed by atoms with Crippen LogP contribution in [-0.4, -0.2) is 85.7 Å². The standard InChI is InChI=1S/C12H22N4O2S2/c19-11(13-9-15-1-5-17-6-2-15)12(20)14-10-16-3-7-18-8-4-16/h1-10H2,(H,13,19)(H,14,20). The van der Waals surface area contributed by atoms with Gasteiger partial charge >= 0.3 is 0 Å². The maximum atomic E-state index is 5.30. The van der Waals surface area contributed by atoms with Crippen molar-refractivity contribution in [1.29, 1.82) is 0 Å². The molecule has 2 aliphatic heterocycles. The summed E-state index contributed by atoms with van der Waals surface area (Å²) in [6.07, 6.45) is 0. The van der Waals surface area contributed by atoms with Gasteiger partial charge in [-0.15, -0.1) is 0 Å². The smallest absolute Gasteiger partial charge is 0.135 e. The monoisotopic (exact) mass is 318 g/mol. The maximum Gasteiger partial charge on any atom is 0.135 e. The van der Waals surface area contributed by atoms with E-state index >= 15 is 0 Å². The molecule has 0 spiro atoms. The van der Waals surface area contributed by atoms with Crippen LogP contribution in [-0.2, 0) is 9.47 Å². The first-order valence-corrected chi connectivity index (χ1v) is 7.73. The Labute approximate surface area is 130 Å². The third kappa shape index (κ3) is 5.55. The van der Waals surface area contributed by atoms with E-state index in [9.17, 15) is 0 Å². The van der Waals surface area contributed by atoms with Crippen molar-refractivity contribution < 1.29 is 9.47 Å². The van der Waals surface area contributed by atoms with E-state index in [-0.39, 0.29) is 0 Å². The maximum absolute atomic E-state index is 5.30. The summed E-state index contributed by atoms with van der Waals surface area (Å²) in [5.74, 6) is 0. The minimum atomic E-state index is 0.611. The largest absolute Gasteiger partial charge is 0.379 e. The molecule has 0 aromatic carbocycles. The molecule has 0 bridgehead atoms. The molecule has 2 saturated heterocycles. The summed E-state index contributed by atoms with van der Waals surface area (Å²) in [6, 6.07) is 0. The second-order valence-electron chi connectivity index (χ2n) is 4.79. The van der Waals surface area contributed by atoms with Crippen LogP contribution < -0.4 is 10.6 Å².